The van der Waals surface area contributed by atoms with Gasteiger partial charge in [-0.2, -0.15) is 9.78 Å². The van der Waals surface area contributed by atoms with E-state index in [9.17, 15) is 0 Å². The molecule has 0 aliphatic heterocycles. The van der Waals surface area contributed by atoms with Crippen molar-refractivity contribution in [2.75, 3.05) is 13.6 Å². The molecule has 0 amide bonds. The van der Waals surface area contributed by atoms with Gasteiger partial charge in [0.15, 0.2) is 5.82 Å². The standard InChI is InChI=1S/C14H24BrN5/c1-5-7-8-19(4)11(3)18-14-12(6-2)10-17-20(14)13(16)9-15/h9-10H,5-8,16H2,1-4H3/b13-9+,18-11+. The third kappa shape index (κ3) is 4.10. The molecule has 0 bridgehead atoms. The van der Waals surface area contributed by atoms with Gasteiger partial charge in [0.25, 0.3) is 0 Å². The van der Waals surface area contributed by atoms with Crippen LogP contribution >= 0.6 is 15.9 Å². The summed E-state index contributed by atoms with van der Waals surface area (Å²) in [5.41, 5.74) is 7.02. The minimum atomic E-state index is 0.521. The van der Waals surface area contributed by atoms with Gasteiger partial charge in [-0.3, -0.25) is 0 Å². The zero-order chi connectivity index (χ0) is 15.1. The van der Waals surface area contributed by atoms with Crippen LogP contribution in [0.5, 0.6) is 0 Å². The molecule has 1 aromatic rings. The number of amidine groups is 1. The maximum atomic E-state index is 5.93. The van der Waals surface area contributed by atoms with E-state index in [1.54, 1.807) is 9.67 Å². The highest BCUT2D eigenvalue weighted by molar-refractivity contribution is 9.11. The Balaban J connectivity index is 3.08. The van der Waals surface area contributed by atoms with E-state index < -0.39 is 0 Å². The van der Waals surface area contributed by atoms with Crippen LogP contribution in [0.15, 0.2) is 16.2 Å². The van der Waals surface area contributed by atoms with Crippen LogP contribution in [-0.2, 0) is 6.42 Å². The molecule has 1 heterocycles. The Hall–Kier alpha value is -1.30. The van der Waals surface area contributed by atoms with Gasteiger partial charge in [0.2, 0.25) is 0 Å². The van der Waals surface area contributed by atoms with Gasteiger partial charge in [-0.05, 0) is 19.8 Å². The maximum Gasteiger partial charge on any atom is 0.162 e. The highest BCUT2D eigenvalue weighted by Gasteiger charge is 2.11. The maximum absolute atomic E-state index is 5.93. The van der Waals surface area contributed by atoms with Crippen LogP contribution in [0, 0.1) is 0 Å². The van der Waals surface area contributed by atoms with E-state index in [0.29, 0.717) is 5.82 Å². The molecular formula is C14H24BrN5. The number of rotatable bonds is 6. The molecule has 112 valence electrons. The van der Waals surface area contributed by atoms with Crippen molar-refractivity contribution in [3.63, 3.8) is 0 Å². The van der Waals surface area contributed by atoms with Crippen molar-refractivity contribution in [1.82, 2.24) is 14.7 Å². The molecule has 0 aliphatic rings. The molecule has 0 aliphatic carbocycles. The summed E-state index contributed by atoms with van der Waals surface area (Å²) in [6, 6.07) is 0. The second-order valence-corrected chi connectivity index (χ2v) is 5.18. The molecule has 0 fully saturated rings. The highest BCUT2D eigenvalue weighted by atomic mass is 79.9. The Morgan fingerprint density at radius 3 is 2.80 bits per heavy atom. The van der Waals surface area contributed by atoms with Crippen molar-refractivity contribution >= 4 is 33.4 Å². The summed E-state index contributed by atoms with van der Waals surface area (Å²) >= 11 is 3.24. The minimum absolute atomic E-state index is 0.521. The number of halogens is 1. The quantitative estimate of drug-likeness (QED) is 0.637. The molecule has 0 aromatic carbocycles. The van der Waals surface area contributed by atoms with Crippen LogP contribution in [0.3, 0.4) is 0 Å². The summed E-state index contributed by atoms with van der Waals surface area (Å²) in [7, 11) is 2.06. The minimum Gasteiger partial charge on any atom is -0.383 e. The number of aliphatic imine (C=N–C) groups is 1. The fourth-order valence-electron chi connectivity index (χ4n) is 1.78. The molecule has 1 rings (SSSR count). The molecule has 0 saturated carbocycles. The van der Waals surface area contributed by atoms with Crippen molar-refractivity contribution in [3.05, 3.63) is 16.7 Å². The molecular weight excluding hydrogens is 318 g/mol. The number of hydrogen-bond donors (Lipinski definition) is 1. The zero-order valence-electron chi connectivity index (χ0n) is 12.7. The number of unbranched alkanes of at least 4 members (excludes halogenated alkanes) is 1. The van der Waals surface area contributed by atoms with Crippen molar-refractivity contribution < 1.29 is 0 Å². The lowest BCUT2D eigenvalue weighted by molar-refractivity contribution is 0.482. The second kappa shape index (κ2) is 8.09. The van der Waals surface area contributed by atoms with Gasteiger partial charge in [0.05, 0.1) is 6.20 Å². The van der Waals surface area contributed by atoms with Crippen molar-refractivity contribution in [2.24, 2.45) is 10.7 Å². The molecule has 0 radical (unpaired) electrons. The number of hydrogen-bond acceptors (Lipinski definition) is 3. The molecule has 5 nitrogen and oxygen atoms in total. The molecule has 0 saturated heterocycles. The van der Waals surface area contributed by atoms with E-state index in [-0.39, 0.29) is 0 Å². The number of nitrogens with two attached hydrogens (primary N) is 1. The van der Waals surface area contributed by atoms with Crippen LogP contribution < -0.4 is 5.73 Å². The summed E-state index contributed by atoms with van der Waals surface area (Å²) in [6.07, 6.45) is 5.03. The predicted octanol–water partition coefficient (Wildman–Crippen LogP) is 3.34. The average Bonchev–Trinajstić information content (AvgIpc) is 2.86. The fourth-order valence-corrected chi connectivity index (χ4v) is 1.97. The number of aryl methyl sites for hydroxylation is 1. The van der Waals surface area contributed by atoms with Crippen LogP contribution in [-0.4, -0.2) is 34.1 Å². The zero-order valence-corrected chi connectivity index (χ0v) is 14.3. The Labute approximate surface area is 129 Å². The van der Waals surface area contributed by atoms with Crippen molar-refractivity contribution in [3.8, 4) is 0 Å². The van der Waals surface area contributed by atoms with Gasteiger partial charge < -0.3 is 10.6 Å². The Morgan fingerprint density at radius 2 is 2.25 bits per heavy atom. The third-order valence-corrected chi connectivity index (χ3v) is 3.69. The summed E-state index contributed by atoms with van der Waals surface area (Å²) in [4.78, 5) is 8.52. The van der Waals surface area contributed by atoms with Crippen LogP contribution in [0.2, 0.25) is 0 Å². The fraction of sp³-hybridized carbons (Fsp3) is 0.571. The number of nitrogens with zero attached hydrogens (tertiary/aromatic N) is 4. The molecule has 1 aromatic heterocycles. The molecule has 6 heteroatoms. The topological polar surface area (TPSA) is 59.4 Å². The van der Waals surface area contributed by atoms with Crippen LogP contribution in [0.4, 0.5) is 5.82 Å². The lowest BCUT2D eigenvalue weighted by Gasteiger charge is -2.18. The average molecular weight is 342 g/mol. The Kier molecular flexibility index (Phi) is 6.78. The van der Waals surface area contributed by atoms with Gasteiger partial charge in [-0.25, -0.2) is 4.99 Å². The first-order chi connectivity index (χ1) is 9.54. The first-order valence-corrected chi connectivity index (χ1v) is 7.86. The van der Waals surface area contributed by atoms with E-state index >= 15 is 0 Å². The Morgan fingerprint density at radius 1 is 1.55 bits per heavy atom. The van der Waals surface area contributed by atoms with Gasteiger partial charge in [-0.15, -0.1) is 0 Å². The summed E-state index contributed by atoms with van der Waals surface area (Å²) in [5.74, 6) is 2.30. The first-order valence-electron chi connectivity index (χ1n) is 6.94. The van der Waals surface area contributed by atoms with E-state index in [2.05, 4.69) is 46.8 Å². The molecule has 0 unspecified atom stereocenters. The van der Waals surface area contributed by atoms with E-state index in [1.165, 1.54) is 6.42 Å². The van der Waals surface area contributed by atoms with Gasteiger partial charge in [-0.1, -0.05) is 36.2 Å². The SMILES string of the molecule is CCCCN(C)/C(C)=N/c1c(CC)cnn1/C(N)=C/Br. The molecule has 20 heavy (non-hydrogen) atoms. The first kappa shape index (κ1) is 16.8. The second-order valence-electron chi connectivity index (χ2n) is 4.73. The van der Waals surface area contributed by atoms with E-state index in [0.717, 1.165) is 36.6 Å². The smallest absolute Gasteiger partial charge is 0.162 e. The van der Waals surface area contributed by atoms with E-state index in [1.807, 2.05) is 13.1 Å². The van der Waals surface area contributed by atoms with Crippen LogP contribution in [0.25, 0.3) is 5.82 Å². The van der Waals surface area contributed by atoms with E-state index in [4.69, 9.17) is 10.7 Å². The molecule has 0 spiro atoms. The van der Waals surface area contributed by atoms with Gasteiger partial charge in [0, 0.05) is 24.1 Å². The normalized spacial score (nSPS) is 12.8. The monoisotopic (exact) mass is 341 g/mol. The highest BCUT2D eigenvalue weighted by Crippen LogP contribution is 2.22. The van der Waals surface area contributed by atoms with Crippen molar-refractivity contribution in [1.29, 1.82) is 0 Å². The van der Waals surface area contributed by atoms with Crippen molar-refractivity contribution in [2.45, 2.75) is 40.0 Å². The summed E-state index contributed by atoms with van der Waals surface area (Å²) in [6.45, 7) is 7.29. The number of aromatic nitrogens is 2. The predicted molar refractivity (Wildman–Crippen MR) is 89.3 cm³/mol. The molecule has 2 N–H and O–H groups in total. The summed E-state index contributed by atoms with van der Waals surface area (Å²) < 4.78 is 1.66. The largest absolute Gasteiger partial charge is 0.383 e. The third-order valence-electron chi connectivity index (χ3n) is 3.22. The lowest BCUT2D eigenvalue weighted by atomic mass is 10.2. The lowest BCUT2D eigenvalue weighted by Crippen LogP contribution is -2.25. The Bertz CT molecular complexity index is 490. The van der Waals surface area contributed by atoms with Gasteiger partial charge >= 0.3 is 0 Å². The van der Waals surface area contributed by atoms with Crippen LogP contribution in [0.1, 0.15) is 39.2 Å². The van der Waals surface area contributed by atoms with Gasteiger partial charge in [0.1, 0.15) is 11.7 Å². The molecule has 0 atom stereocenters. The summed E-state index contributed by atoms with van der Waals surface area (Å²) in [5, 5.41) is 4.30.